The van der Waals surface area contributed by atoms with Gasteiger partial charge in [0.15, 0.2) is 0 Å². The first-order valence-electron chi connectivity index (χ1n) is 6.75. The molecule has 0 unspecified atom stereocenters. The molecule has 2 nitrogen and oxygen atoms in total. The summed E-state index contributed by atoms with van der Waals surface area (Å²) >= 11 is 0. The van der Waals surface area contributed by atoms with Crippen molar-refractivity contribution < 1.29 is 4.48 Å². The van der Waals surface area contributed by atoms with E-state index >= 15 is 0 Å². The Morgan fingerprint density at radius 1 is 0.800 bits per heavy atom. The van der Waals surface area contributed by atoms with Gasteiger partial charge in [-0.05, 0) is 33.9 Å². The molecule has 0 aromatic rings. The topological polar surface area (TPSA) is 3.24 Å². The molecule has 0 bridgehead atoms. The van der Waals surface area contributed by atoms with Gasteiger partial charge in [-0.3, -0.25) is 0 Å². The fourth-order valence-corrected chi connectivity index (χ4v) is 2.31. The van der Waals surface area contributed by atoms with Crippen molar-refractivity contribution in [2.24, 2.45) is 0 Å². The lowest BCUT2D eigenvalue weighted by Gasteiger charge is -2.36. The highest BCUT2D eigenvalue weighted by atomic mass is 15.3. The van der Waals surface area contributed by atoms with Crippen LogP contribution in [0.15, 0.2) is 0 Å². The summed E-state index contributed by atoms with van der Waals surface area (Å²) < 4.78 is 1.29. The molecule has 0 heterocycles. The molecule has 0 aromatic heterocycles. The first kappa shape index (κ1) is 14.9. The van der Waals surface area contributed by atoms with Crippen molar-refractivity contribution in [2.75, 3.05) is 45.8 Å². The van der Waals surface area contributed by atoms with Crippen LogP contribution in [-0.4, -0.2) is 55.2 Å². The van der Waals surface area contributed by atoms with Crippen LogP contribution < -0.4 is 0 Å². The molecular formula is C13H31N2+. The third kappa shape index (κ3) is 4.98. The summed E-state index contributed by atoms with van der Waals surface area (Å²) in [5, 5.41) is 0. The molecule has 0 aliphatic carbocycles. The second kappa shape index (κ2) is 8.12. The molecule has 0 atom stereocenters. The fraction of sp³-hybridized carbons (Fsp3) is 1.00. The molecule has 15 heavy (non-hydrogen) atoms. The number of nitrogens with zero attached hydrogens (tertiary/aromatic N) is 2. The van der Waals surface area contributed by atoms with E-state index < -0.39 is 0 Å². The average molecular weight is 215 g/mol. The van der Waals surface area contributed by atoms with E-state index in [0.29, 0.717) is 0 Å². The van der Waals surface area contributed by atoms with E-state index in [-0.39, 0.29) is 0 Å². The van der Waals surface area contributed by atoms with Gasteiger partial charge in [-0.1, -0.05) is 13.8 Å². The smallest absolute Gasteiger partial charge is 0.0798 e. The molecule has 0 aromatic carbocycles. The highest BCUT2D eigenvalue weighted by Gasteiger charge is 2.19. The van der Waals surface area contributed by atoms with E-state index in [2.05, 4.69) is 39.5 Å². The molecule has 0 amide bonds. The number of hydrogen-bond donors (Lipinski definition) is 0. The predicted octanol–water partition coefficient (Wildman–Crippen LogP) is 2.59. The molecule has 0 saturated carbocycles. The van der Waals surface area contributed by atoms with E-state index in [0.717, 1.165) is 0 Å². The Kier molecular flexibility index (Phi) is 8.07. The Balaban J connectivity index is 3.89. The summed E-state index contributed by atoms with van der Waals surface area (Å²) in [5.74, 6) is 0. The molecule has 0 N–H and O–H groups in total. The zero-order valence-electron chi connectivity index (χ0n) is 11.6. The van der Waals surface area contributed by atoms with Crippen LogP contribution in [-0.2, 0) is 0 Å². The highest BCUT2D eigenvalue weighted by Crippen LogP contribution is 2.07. The monoisotopic (exact) mass is 215 g/mol. The van der Waals surface area contributed by atoms with Crippen LogP contribution in [0.4, 0.5) is 0 Å². The van der Waals surface area contributed by atoms with E-state index in [1.165, 1.54) is 56.7 Å². The molecule has 0 aliphatic rings. The highest BCUT2D eigenvalue weighted by molar-refractivity contribution is 4.52. The molecule has 2 heteroatoms. The van der Waals surface area contributed by atoms with Crippen molar-refractivity contribution in [3.8, 4) is 0 Å². The van der Waals surface area contributed by atoms with Gasteiger partial charge in [0.25, 0.3) is 0 Å². The molecular weight excluding hydrogens is 184 g/mol. The maximum absolute atomic E-state index is 2.52. The fourth-order valence-electron chi connectivity index (χ4n) is 2.31. The molecule has 0 saturated heterocycles. The standard InChI is InChI=1S/C13H31N2/c1-6-14(7-2)12-11-13-15(8-3,9-4)10-5/h6-13H2,1-5H3/q+1. The van der Waals surface area contributed by atoms with Gasteiger partial charge in [-0.25, -0.2) is 0 Å². The summed E-state index contributed by atoms with van der Waals surface area (Å²) in [6.45, 7) is 20.3. The Morgan fingerprint density at radius 3 is 1.60 bits per heavy atom. The Bertz CT molecular complexity index is 129. The van der Waals surface area contributed by atoms with Crippen LogP contribution in [0.1, 0.15) is 41.0 Å². The van der Waals surface area contributed by atoms with E-state index in [1.807, 2.05) is 0 Å². The normalized spacial score (nSPS) is 12.4. The molecule has 0 radical (unpaired) electrons. The van der Waals surface area contributed by atoms with E-state index in [9.17, 15) is 0 Å². The van der Waals surface area contributed by atoms with Gasteiger partial charge >= 0.3 is 0 Å². The quantitative estimate of drug-likeness (QED) is 0.534. The summed E-state index contributed by atoms with van der Waals surface area (Å²) in [7, 11) is 0. The summed E-state index contributed by atoms with van der Waals surface area (Å²) in [5.41, 5.74) is 0. The van der Waals surface area contributed by atoms with Crippen molar-refractivity contribution in [2.45, 2.75) is 41.0 Å². The van der Waals surface area contributed by atoms with Gasteiger partial charge in [-0.2, -0.15) is 0 Å². The average Bonchev–Trinajstić information content (AvgIpc) is 2.31. The third-order valence-electron chi connectivity index (χ3n) is 4.01. The van der Waals surface area contributed by atoms with Crippen molar-refractivity contribution in [3.05, 3.63) is 0 Å². The molecule has 92 valence electrons. The lowest BCUT2D eigenvalue weighted by atomic mass is 10.2. The van der Waals surface area contributed by atoms with Crippen molar-refractivity contribution in [1.82, 2.24) is 4.90 Å². The minimum Gasteiger partial charge on any atom is -0.324 e. The van der Waals surface area contributed by atoms with Gasteiger partial charge in [0, 0.05) is 13.0 Å². The first-order chi connectivity index (χ1) is 7.17. The summed E-state index contributed by atoms with van der Waals surface area (Å²) in [6, 6.07) is 0. The first-order valence-corrected chi connectivity index (χ1v) is 6.75. The second-order valence-corrected chi connectivity index (χ2v) is 4.39. The van der Waals surface area contributed by atoms with Gasteiger partial charge in [0.1, 0.15) is 0 Å². The van der Waals surface area contributed by atoms with Crippen LogP contribution in [0.25, 0.3) is 0 Å². The maximum atomic E-state index is 2.52. The number of hydrogen-bond acceptors (Lipinski definition) is 1. The van der Waals surface area contributed by atoms with E-state index in [4.69, 9.17) is 0 Å². The second-order valence-electron chi connectivity index (χ2n) is 4.39. The van der Waals surface area contributed by atoms with Gasteiger partial charge in [0.2, 0.25) is 0 Å². The Labute approximate surface area is 96.8 Å². The lowest BCUT2D eigenvalue weighted by molar-refractivity contribution is -0.923. The zero-order valence-corrected chi connectivity index (χ0v) is 11.6. The van der Waals surface area contributed by atoms with E-state index in [1.54, 1.807) is 0 Å². The lowest BCUT2D eigenvalue weighted by Crippen LogP contribution is -2.48. The van der Waals surface area contributed by atoms with Crippen LogP contribution >= 0.6 is 0 Å². The van der Waals surface area contributed by atoms with Gasteiger partial charge in [0.05, 0.1) is 26.2 Å². The Hall–Kier alpha value is -0.0800. The largest absolute Gasteiger partial charge is 0.324 e. The van der Waals surface area contributed by atoms with Crippen LogP contribution in [0.5, 0.6) is 0 Å². The zero-order chi connectivity index (χ0) is 11.7. The summed E-state index contributed by atoms with van der Waals surface area (Å²) in [4.78, 5) is 2.52. The van der Waals surface area contributed by atoms with Crippen molar-refractivity contribution in [3.63, 3.8) is 0 Å². The van der Waals surface area contributed by atoms with Crippen LogP contribution in [0, 0.1) is 0 Å². The third-order valence-corrected chi connectivity index (χ3v) is 4.01. The van der Waals surface area contributed by atoms with Crippen LogP contribution in [0.3, 0.4) is 0 Å². The maximum Gasteiger partial charge on any atom is 0.0798 e. The molecule has 0 rings (SSSR count). The Morgan fingerprint density at radius 2 is 1.27 bits per heavy atom. The summed E-state index contributed by atoms with van der Waals surface area (Å²) in [6.07, 6.45) is 1.34. The number of rotatable bonds is 9. The molecule has 0 fully saturated rings. The minimum absolute atomic E-state index is 1.20. The predicted molar refractivity (Wildman–Crippen MR) is 69.2 cm³/mol. The molecule has 0 spiro atoms. The molecule has 0 aliphatic heterocycles. The number of quaternary nitrogens is 1. The minimum atomic E-state index is 1.20. The van der Waals surface area contributed by atoms with Crippen molar-refractivity contribution in [1.29, 1.82) is 0 Å². The van der Waals surface area contributed by atoms with Gasteiger partial charge in [-0.15, -0.1) is 0 Å². The SMILES string of the molecule is CCN(CC)CCC[N+](CC)(CC)CC. The van der Waals surface area contributed by atoms with Crippen LogP contribution in [0.2, 0.25) is 0 Å². The van der Waals surface area contributed by atoms with Crippen molar-refractivity contribution >= 4 is 0 Å². The van der Waals surface area contributed by atoms with Gasteiger partial charge < -0.3 is 9.38 Å².